The maximum atomic E-state index is 10.8. The van der Waals surface area contributed by atoms with Gasteiger partial charge >= 0.3 is 0 Å². The fourth-order valence-electron chi connectivity index (χ4n) is 2.96. The molecule has 3 aromatic rings. The van der Waals surface area contributed by atoms with Gasteiger partial charge in [-0.05, 0) is 44.0 Å². The zero-order valence-corrected chi connectivity index (χ0v) is 14.6. The van der Waals surface area contributed by atoms with Gasteiger partial charge in [-0.2, -0.15) is 0 Å². The van der Waals surface area contributed by atoms with Crippen LogP contribution in [0.25, 0.3) is 11.0 Å². The summed E-state index contributed by atoms with van der Waals surface area (Å²) in [6, 6.07) is 15.9. The Hall–Kier alpha value is -2.82. The number of imidazole rings is 1. The first-order chi connectivity index (χ1) is 12.2. The van der Waals surface area contributed by atoms with Gasteiger partial charge in [0.15, 0.2) is 0 Å². The molecule has 0 radical (unpaired) electrons. The molecule has 25 heavy (non-hydrogen) atoms. The Morgan fingerprint density at radius 1 is 1.20 bits per heavy atom. The van der Waals surface area contributed by atoms with Crippen LogP contribution in [0.3, 0.4) is 0 Å². The SMILES string of the molecule is Cc1ccccc1OCCCn1c(C(C)NC=O)nc2ccccc21. The molecule has 0 aliphatic rings. The molecule has 0 spiro atoms. The summed E-state index contributed by atoms with van der Waals surface area (Å²) >= 11 is 0. The van der Waals surface area contributed by atoms with Gasteiger partial charge in [0.2, 0.25) is 6.41 Å². The lowest BCUT2D eigenvalue weighted by Gasteiger charge is -2.14. The average molecular weight is 337 g/mol. The summed E-state index contributed by atoms with van der Waals surface area (Å²) < 4.78 is 8.05. The van der Waals surface area contributed by atoms with Crippen molar-refractivity contribution in [2.75, 3.05) is 6.61 Å². The third-order valence-electron chi connectivity index (χ3n) is 4.27. The zero-order valence-electron chi connectivity index (χ0n) is 14.6. The highest BCUT2D eigenvalue weighted by molar-refractivity contribution is 5.76. The summed E-state index contributed by atoms with van der Waals surface area (Å²) in [4.78, 5) is 15.5. The lowest BCUT2D eigenvalue weighted by molar-refractivity contribution is -0.110. The van der Waals surface area contributed by atoms with Crippen molar-refractivity contribution >= 4 is 17.4 Å². The van der Waals surface area contributed by atoms with Crippen molar-refractivity contribution in [2.45, 2.75) is 32.9 Å². The standard InChI is InChI=1S/C20H23N3O2/c1-15-8-3-6-11-19(15)25-13-7-12-23-18-10-5-4-9-17(18)22-20(23)16(2)21-14-24/h3-6,8-11,14,16H,7,12-13H2,1-2H3,(H,21,24). The van der Waals surface area contributed by atoms with Gasteiger partial charge in [-0.1, -0.05) is 30.3 Å². The number of benzene rings is 2. The number of aryl methyl sites for hydroxylation is 2. The number of hydrogen-bond donors (Lipinski definition) is 1. The molecule has 5 heteroatoms. The topological polar surface area (TPSA) is 56.1 Å². The number of nitrogens with zero attached hydrogens (tertiary/aromatic N) is 2. The molecule has 1 heterocycles. The monoisotopic (exact) mass is 337 g/mol. The number of ether oxygens (including phenoxy) is 1. The minimum absolute atomic E-state index is 0.137. The average Bonchev–Trinajstić information content (AvgIpc) is 2.99. The molecule has 1 amide bonds. The Labute approximate surface area is 147 Å². The van der Waals surface area contributed by atoms with Crippen LogP contribution < -0.4 is 10.1 Å². The molecular formula is C20H23N3O2. The Kier molecular flexibility index (Phi) is 5.33. The Morgan fingerprint density at radius 2 is 1.96 bits per heavy atom. The predicted molar refractivity (Wildman–Crippen MR) is 98.6 cm³/mol. The van der Waals surface area contributed by atoms with E-state index in [4.69, 9.17) is 4.74 Å². The van der Waals surface area contributed by atoms with E-state index in [2.05, 4.69) is 20.9 Å². The van der Waals surface area contributed by atoms with Crippen molar-refractivity contribution in [1.29, 1.82) is 0 Å². The number of nitrogens with one attached hydrogen (secondary N) is 1. The Bertz CT molecular complexity index is 857. The van der Waals surface area contributed by atoms with E-state index in [0.29, 0.717) is 6.61 Å². The fraction of sp³-hybridized carbons (Fsp3) is 0.300. The molecule has 130 valence electrons. The summed E-state index contributed by atoms with van der Waals surface area (Å²) in [6.07, 6.45) is 1.57. The van der Waals surface area contributed by atoms with Crippen molar-refractivity contribution in [3.8, 4) is 5.75 Å². The third-order valence-corrected chi connectivity index (χ3v) is 4.27. The van der Waals surface area contributed by atoms with Gasteiger partial charge in [0.05, 0.1) is 23.7 Å². The number of para-hydroxylation sites is 3. The minimum Gasteiger partial charge on any atom is -0.493 e. The molecule has 1 unspecified atom stereocenters. The lowest BCUT2D eigenvalue weighted by Crippen LogP contribution is -2.21. The first-order valence-electron chi connectivity index (χ1n) is 8.54. The first-order valence-corrected chi connectivity index (χ1v) is 8.54. The van der Waals surface area contributed by atoms with E-state index in [1.165, 1.54) is 0 Å². The molecule has 5 nitrogen and oxygen atoms in total. The highest BCUT2D eigenvalue weighted by Crippen LogP contribution is 2.21. The molecule has 1 N–H and O–H groups in total. The van der Waals surface area contributed by atoms with Crippen LogP contribution in [0.2, 0.25) is 0 Å². The molecule has 0 aliphatic heterocycles. The second-order valence-electron chi connectivity index (χ2n) is 6.08. The highest BCUT2D eigenvalue weighted by atomic mass is 16.5. The zero-order chi connectivity index (χ0) is 17.6. The second kappa shape index (κ2) is 7.83. The molecule has 1 aromatic heterocycles. The second-order valence-corrected chi connectivity index (χ2v) is 6.08. The molecule has 3 rings (SSSR count). The number of rotatable bonds is 8. The normalized spacial score (nSPS) is 12.1. The van der Waals surface area contributed by atoms with E-state index in [-0.39, 0.29) is 6.04 Å². The first kappa shape index (κ1) is 17.0. The van der Waals surface area contributed by atoms with Crippen LogP contribution >= 0.6 is 0 Å². The van der Waals surface area contributed by atoms with Gasteiger partial charge in [0.25, 0.3) is 0 Å². The summed E-state index contributed by atoms with van der Waals surface area (Å²) in [6.45, 7) is 5.40. The van der Waals surface area contributed by atoms with Crippen LogP contribution in [0.5, 0.6) is 5.75 Å². The van der Waals surface area contributed by atoms with E-state index < -0.39 is 0 Å². The molecular weight excluding hydrogens is 314 g/mol. The van der Waals surface area contributed by atoms with Gasteiger partial charge in [-0.3, -0.25) is 4.79 Å². The Morgan fingerprint density at radius 3 is 2.76 bits per heavy atom. The van der Waals surface area contributed by atoms with E-state index >= 15 is 0 Å². The Balaban J connectivity index is 1.72. The maximum Gasteiger partial charge on any atom is 0.207 e. The van der Waals surface area contributed by atoms with E-state index in [9.17, 15) is 4.79 Å². The summed E-state index contributed by atoms with van der Waals surface area (Å²) in [5, 5.41) is 2.79. The van der Waals surface area contributed by atoms with Crippen LogP contribution in [0, 0.1) is 6.92 Å². The third kappa shape index (κ3) is 3.82. The number of carbonyl (C=O) groups excluding carboxylic acids is 1. The molecule has 2 aromatic carbocycles. The number of aromatic nitrogens is 2. The largest absolute Gasteiger partial charge is 0.493 e. The van der Waals surface area contributed by atoms with Gasteiger partial charge in [-0.15, -0.1) is 0 Å². The molecule has 0 fully saturated rings. The number of fused-ring (bicyclic) bond motifs is 1. The fourth-order valence-corrected chi connectivity index (χ4v) is 2.96. The van der Waals surface area contributed by atoms with Gasteiger partial charge in [0.1, 0.15) is 11.6 Å². The highest BCUT2D eigenvalue weighted by Gasteiger charge is 2.15. The van der Waals surface area contributed by atoms with E-state index in [1.807, 2.05) is 56.3 Å². The van der Waals surface area contributed by atoms with Crippen molar-refractivity contribution < 1.29 is 9.53 Å². The molecule has 1 atom stereocenters. The lowest BCUT2D eigenvalue weighted by atomic mass is 10.2. The summed E-state index contributed by atoms with van der Waals surface area (Å²) in [5.74, 6) is 1.79. The minimum atomic E-state index is -0.137. The molecule has 0 aliphatic carbocycles. The van der Waals surface area contributed by atoms with Crippen molar-refractivity contribution in [3.05, 3.63) is 59.9 Å². The van der Waals surface area contributed by atoms with Crippen LogP contribution in [0.4, 0.5) is 0 Å². The quantitative estimate of drug-likeness (QED) is 0.504. The van der Waals surface area contributed by atoms with Crippen molar-refractivity contribution in [3.63, 3.8) is 0 Å². The van der Waals surface area contributed by atoms with Crippen LogP contribution in [-0.2, 0) is 11.3 Å². The van der Waals surface area contributed by atoms with Gasteiger partial charge in [-0.25, -0.2) is 4.98 Å². The van der Waals surface area contributed by atoms with E-state index in [1.54, 1.807) is 0 Å². The molecule has 0 bridgehead atoms. The van der Waals surface area contributed by atoms with Gasteiger partial charge < -0.3 is 14.6 Å². The summed E-state index contributed by atoms with van der Waals surface area (Å²) in [7, 11) is 0. The number of carbonyl (C=O) groups is 1. The van der Waals surface area contributed by atoms with Crippen molar-refractivity contribution in [1.82, 2.24) is 14.9 Å². The number of amides is 1. The van der Waals surface area contributed by atoms with E-state index in [0.717, 1.165) is 47.5 Å². The summed E-state index contributed by atoms with van der Waals surface area (Å²) in [5.41, 5.74) is 3.16. The van der Waals surface area contributed by atoms with Gasteiger partial charge in [0, 0.05) is 6.54 Å². The maximum absolute atomic E-state index is 10.8. The molecule has 0 saturated carbocycles. The van der Waals surface area contributed by atoms with Crippen LogP contribution in [-0.4, -0.2) is 22.6 Å². The van der Waals surface area contributed by atoms with Crippen LogP contribution in [0.15, 0.2) is 48.5 Å². The van der Waals surface area contributed by atoms with Crippen molar-refractivity contribution in [2.24, 2.45) is 0 Å². The molecule has 0 saturated heterocycles. The predicted octanol–water partition coefficient (Wildman–Crippen LogP) is 3.62. The van der Waals surface area contributed by atoms with Crippen LogP contribution in [0.1, 0.15) is 30.8 Å². The smallest absolute Gasteiger partial charge is 0.207 e. The number of hydrogen-bond acceptors (Lipinski definition) is 3.